The minimum atomic E-state index is -0.609. The maximum absolute atomic E-state index is 12.6. The number of benzene rings is 17. The summed E-state index contributed by atoms with van der Waals surface area (Å²) in [5.41, 5.74) is -1.26. The first kappa shape index (κ1) is 111. The van der Waals surface area contributed by atoms with E-state index in [4.69, 9.17) is 33.2 Å². The molecule has 766 valence electrons. The Morgan fingerprint density at radius 3 is 0.837 bits per heavy atom. The first-order chi connectivity index (χ1) is 69.6. The predicted octanol–water partition coefficient (Wildman–Crippen LogP) is 29.9. The molecule has 0 spiro atoms. The number of phenols is 9. The van der Waals surface area contributed by atoms with Crippen LogP contribution in [-0.4, -0.2) is 87.7 Å². The number of fused-ring (bicyclic) bond motifs is 10. The van der Waals surface area contributed by atoms with Crippen LogP contribution in [0.2, 0.25) is 0 Å². The first-order valence-electron chi connectivity index (χ1n) is 49.4. The fourth-order valence-electron chi connectivity index (χ4n) is 15.0. The van der Waals surface area contributed by atoms with E-state index in [0.29, 0.717) is 137 Å². The zero-order valence-electron chi connectivity index (χ0n) is 87.2. The topological polar surface area (TPSA) is 366 Å². The summed E-state index contributed by atoms with van der Waals surface area (Å²) in [5, 5.41) is 104. The molecule has 0 bridgehead atoms. The fourth-order valence-corrected chi connectivity index (χ4v) is 15.0. The first-order valence-corrected chi connectivity index (χ1v) is 49.4. The Balaban J connectivity index is 0.000000164. The van der Waals surface area contributed by atoms with Gasteiger partial charge in [0.25, 0.3) is 0 Å². The molecule has 0 fully saturated rings. The second-order valence-corrected chi connectivity index (χ2v) is 39.7. The molecule has 23 heteroatoms. The molecular formula is C124H132O23. The van der Waals surface area contributed by atoms with E-state index in [1.807, 2.05) is 301 Å². The van der Waals surface area contributed by atoms with Gasteiger partial charge in [0, 0.05) is 97.0 Å². The molecule has 9 N–H and O–H groups in total. The van der Waals surface area contributed by atoms with Gasteiger partial charge >= 0.3 is 41.8 Å². The minimum Gasteiger partial charge on any atom is -0.507 e. The van der Waals surface area contributed by atoms with E-state index in [9.17, 15) is 79.5 Å². The third-order valence-electron chi connectivity index (χ3n) is 27.4. The number of ether oxygens (including phenoxy) is 7. The van der Waals surface area contributed by atoms with E-state index in [1.54, 1.807) is 98.8 Å². The van der Waals surface area contributed by atoms with Crippen LogP contribution in [0.5, 0.6) is 92.0 Å². The third-order valence-corrected chi connectivity index (χ3v) is 27.4. The van der Waals surface area contributed by atoms with Crippen LogP contribution in [0.25, 0.3) is 108 Å². The number of carbonyl (C=O) groups is 7. The molecule has 0 heterocycles. The molecular weight excluding hydrogens is 1860 g/mol. The summed E-state index contributed by atoms with van der Waals surface area (Å²) in [4.78, 5) is 85.7. The van der Waals surface area contributed by atoms with Gasteiger partial charge in [-0.25, -0.2) is 0 Å². The van der Waals surface area contributed by atoms with Crippen molar-refractivity contribution in [3.63, 3.8) is 0 Å². The number of aryl methyl sites for hydroxylation is 2. The zero-order valence-corrected chi connectivity index (χ0v) is 87.2. The normalized spacial score (nSPS) is 11.9. The molecule has 23 nitrogen and oxygen atoms in total. The van der Waals surface area contributed by atoms with Gasteiger partial charge < -0.3 is 79.1 Å². The maximum atomic E-state index is 12.6. The van der Waals surface area contributed by atoms with Crippen LogP contribution in [0.4, 0.5) is 0 Å². The van der Waals surface area contributed by atoms with Gasteiger partial charge in [-0.2, -0.15) is 0 Å². The third kappa shape index (κ3) is 25.4. The lowest BCUT2D eigenvalue weighted by Crippen LogP contribution is -2.28. The summed E-state index contributed by atoms with van der Waals surface area (Å²) < 4.78 is 39.2. The Morgan fingerprint density at radius 2 is 0.483 bits per heavy atom. The molecule has 0 aromatic heterocycles. The Bertz CT molecular complexity index is 7570. The van der Waals surface area contributed by atoms with E-state index >= 15 is 0 Å². The van der Waals surface area contributed by atoms with E-state index in [0.717, 1.165) is 66.7 Å². The monoisotopic (exact) mass is 1990 g/mol. The van der Waals surface area contributed by atoms with Crippen LogP contribution >= 0.6 is 0 Å². The predicted molar refractivity (Wildman–Crippen MR) is 583 cm³/mol. The van der Waals surface area contributed by atoms with Gasteiger partial charge in [-0.1, -0.05) is 256 Å². The number of aromatic hydroxyl groups is 9. The highest BCUT2D eigenvalue weighted by atomic mass is 16.6. The molecule has 0 aliphatic heterocycles. The lowest BCUT2D eigenvalue weighted by molar-refractivity contribution is -0.144. The molecule has 17 aromatic rings. The highest BCUT2D eigenvalue weighted by Gasteiger charge is 2.35. The number of esters is 7. The van der Waals surface area contributed by atoms with E-state index < -0.39 is 27.1 Å². The molecule has 0 radical (unpaired) electrons. The van der Waals surface area contributed by atoms with E-state index in [1.165, 1.54) is 12.1 Å². The standard InChI is InChI=1S/C20H20O4.C20H20O3.C19H18O4.C19H18O3.2C16H18O3.C14H20O3/c1-4-20(2,3)19(23)24-18-13-8-6-5-7-12(13)11-15-14(18)9-10-16(21)17(15)22;1-4-20(2,3)19(22)23-18-15-11-7-5-9-13(15)17(21)14-10-6-8-12-16(14)18;1-3-11(2)19(22)23-18-13-7-5-4-6-12(13)10-15-14(18)8-9-16(20)17(15)21;1-3-12(2)19(21)22-18-15-10-6-4-8-13(15)17(20)14-9-5-7-11-16(14)18;1-4-16(2,3)15(18)19-14-10-6-7-11-12(14)8-5-9-13(11)17;1-4-16(2,3)15(18)19-14-10-9-13(17)11-7-5-6-8-12(11)14;1-6-14(4,5)13(16)17-11-7-9(2)12(15)10(3)8-11/h5-11,21-22H,4H2,1-3H3;5-12,21H,4H2,1-3H3;4-11,20-21H,3H2,1-2H3;4-12,20H,3H2,1-2H3;2*5-10,17H,4H2,1-3H3;7-8,15H,6H2,1-5H3. The molecule has 147 heavy (non-hydrogen) atoms. The van der Waals surface area contributed by atoms with Crippen molar-refractivity contribution < 1.29 is 113 Å². The van der Waals surface area contributed by atoms with Gasteiger partial charge in [-0.3, -0.25) is 33.6 Å². The van der Waals surface area contributed by atoms with Gasteiger partial charge in [0.05, 0.1) is 38.9 Å². The summed E-state index contributed by atoms with van der Waals surface area (Å²) in [7, 11) is 0. The van der Waals surface area contributed by atoms with Crippen molar-refractivity contribution in [2.24, 2.45) is 38.9 Å². The van der Waals surface area contributed by atoms with Gasteiger partial charge in [0.2, 0.25) is 0 Å². The van der Waals surface area contributed by atoms with Gasteiger partial charge in [0.15, 0.2) is 23.0 Å². The molecule has 0 amide bonds. The average molecular weight is 1990 g/mol. The molecule has 2 atom stereocenters. The molecule has 0 aliphatic carbocycles. The summed E-state index contributed by atoms with van der Waals surface area (Å²) in [6.45, 7) is 39.5. The molecule has 0 saturated carbocycles. The van der Waals surface area contributed by atoms with Crippen LogP contribution in [0.1, 0.15) is 188 Å². The van der Waals surface area contributed by atoms with Crippen molar-refractivity contribution in [2.45, 2.75) is 190 Å². The van der Waals surface area contributed by atoms with E-state index in [-0.39, 0.29) is 105 Å². The lowest BCUT2D eigenvalue weighted by Gasteiger charge is -2.22. The second-order valence-electron chi connectivity index (χ2n) is 39.7. The van der Waals surface area contributed by atoms with Gasteiger partial charge in [0.1, 0.15) is 69.0 Å². The van der Waals surface area contributed by atoms with Gasteiger partial charge in [-0.15, -0.1) is 0 Å². The maximum Gasteiger partial charge on any atom is 0.316 e. The highest BCUT2D eigenvalue weighted by Crippen LogP contribution is 2.49. The van der Waals surface area contributed by atoms with Crippen LogP contribution in [0, 0.1) is 52.8 Å². The Kier molecular flexibility index (Phi) is 36.0. The van der Waals surface area contributed by atoms with Crippen LogP contribution in [0.3, 0.4) is 0 Å². The lowest BCUT2D eigenvalue weighted by atomic mass is 9.90. The number of phenolic OH excluding ortho intramolecular Hbond substituents is 9. The van der Waals surface area contributed by atoms with Crippen LogP contribution in [0.15, 0.2) is 267 Å². The van der Waals surface area contributed by atoms with Crippen molar-refractivity contribution in [3.05, 3.63) is 278 Å². The Morgan fingerprint density at radius 1 is 0.231 bits per heavy atom. The minimum absolute atomic E-state index is 0.161. The van der Waals surface area contributed by atoms with E-state index in [2.05, 4.69) is 0 Å². The number of hydrogen-bond acceptors (Lipinski definition) is 23. The van der Waals surface area contributed by atoms with Crippen molar-refractivity contribution in [3.8, 4) is 92.0 Å². The SMILES string of the molecule is CCC(C)(C)C(=O)Oc1c2ccccc2c(O)c2ccccc12.CCC(C)(C)C(=O)Oc1c2ccccc2cc2c(O)c(O)ccc12.CCC(C)(C)C(=O)Oc1cc(C)c(O)c(C)c1.CCC(C)(C)C(=O)Oc1ccc(O)c2ccccc12.CCC(C)(C)C(=O)Oc1cccc2c(O)cccc12.CCC(C)C(=O)Oc1c2ccccc2c(O)c2ccccc12.CCC(C)C(=O)Oc1c2ccccc2cc2c(O)c(O)ccc12. The summed E-state index contributed by atoms with van der Waals surface area (Å²) in [6.07, 6.45) is 4.91. The van der Waals surface area contributed by atoms with Crippen molar-refractivity contribution in [2.75, 3.05) is 0 Å². The van der Waals surface area contributed by atoms with Crippen molar-refractivity contribution in [1.82, 2.24) is 0 Å². The largest absolute Gasteiger partial charge is 0.507 e. The molecule has 0 aliphatic rings. The molecule has 2 unspecified atom stereocenters. The quantitative estimate of drug-likeness (QED) is 0.0140. The number of rotatable bonds is 21. The zero-order chi connectivity index (χ0) is 108. The molecule has 17 aromatic carbocycles. The average Bonchev–Trinajstić information content (AvgIpc) is 0.747. The smallest absolute Gasteiger partial charge is 0.316 e. The van der Waals surface area contributed by atoms with Crippen molar-refractivity contribution >= 4 is 150 Å². The molecule has 17 rings (SSSR count). The van der Waals surface area contributed by atoms with Crippen LogP contribution in [-0.2, 0) is 33.6 Å². The number of hydrogen-bond donors (Lipinski definition) is 9. The summed E-state index contributed by atoms with van der Waals surface area (Å²) >= 11 is 0. The summed E-state index contributed by atoms with van der Waals surface area (Å²) in [5.74, 6) is 1.26. The van der Waals surface area contributed by atoms with Gasteiger partial charge in [-0.05, 0) is 223 Å². The number of carbonyl (C=O) groups excluding carboxylic acids is 7. The second kappa shape index (κ2) is 47.6. The Labute approximate surface area is 856 Å². The van der Waals surface area contributed by atoms with Crippen molar-refractivity contribution in [1.29, 1.82) is 0 Å². The highest BCUT2D eigenvalue weighted by molar-refractivity contribution is 6.15. The fraction of sp³-hybridized carbons (Fsp3) is 0.282. The Hall–Kier alpha value is -16.2. The van der Waals surface area contributed by atoms with Crippen LogP contribution < -0.4 is 33.2 Å². The summed E-state index contributed by atoms with van der Waals surface area (Å²) in [6, 6.07) is 78.7. The molecule has 0 saturated heterocycles.